The molecule has 0 radical (unpaired) electrons. The van der Waals surface area contributed by atoms with Crippen LogP contribution in [0.5, 0.6) is 0 Å². The molecule has 1 heterocycles. The molecule has 2 rings (SSSR count). The summed E-state index contributed by atoms with van der Waals surface area (Å²) in [6.45, 7) is 2.98. The van der Waals surface area contributed by atoms with Crippen molar-refractivity contribution in [2.45, 2.75) is 24.9 Å². The number of carbonyl (C=O) groups is 1. The van der Waals surface area contributed by atoms with Gasteiger partial charge in [0.05, 0.1) is 6.61 Å². The van der Waals surface area contributed by atoms with E-state index in [1.165, 1.54) is 30.8 Å². The molecule has 1 aromatic rings. The topological polar surface area (TPSA) is 76.1 Å². The van der Waals surface area contributed by atoms with E-state index in [1.54, 1.807) is 6.92 Å². The second-order valence-corrected chi connectivity index (χ2v) is 5.06. The van der Waals surface area contributed by atoms with Crippen molar-refractivity contribution in [3.8, 4) is 0 Å². The maximum atomic E-state index is 11.8. The number of carbonyl (C=O) groups excluding carboxylic acids is 1. The van der Waals surface area contributed by atoms with Crippen LogP contribution in [-0.4, -0.2) is 35.3 Å². The maximum Gasteiger partial charge on any atom is 0.343 e. The van der Waals surface area contributed by atoms with Crippen LogP contribution in [0.2, 0.25) is 0 Å². The van der Waals surface area contributed by atoms with Gasteiger partial charge < -0.3 is 10.2 Å². The lowest BCUT2D eigenvalue weighted by Gasteiger charge is -2.11. The molecule has 7 heteroatoms. The number of esters is 1. The molecule has 0 atom stereocenters. The Kier molecular flexibility index (Phi) is 4.98. The molecule has 1 aliphatic rings. The van der Waals surface area contributed by atoms with Crippen molar-refractivity contribution >= 4 is 23.5 Å². The van der Waals surface area contributed by atoms with Crippen molar-refractivity contribution in [3.05, 3.63) is 11.8 Å². The Bertz CT molecular complexity index is 451. The monoisotopic (exact) mass is 282 g/mol. The van der Waals surface area contributed by atoms with Crippen LogP contribution in [-0.2, 0) is 4.74 Å². The van der Waals surface area contributed by atoms with E-state index >= 15 is 0 Å². The number of hydrogen-bond acceptors (Lipinski definition) is 7. The van der Waals surface area contributed by atoms with E-state index in [0.29, 0.717) is 23.1 Å². The number of rotatable bonds is 7. The van der Waals surface area contributed by atoms with E-state index in [9.17, 15) is 4.79 Å². The van der Waals surface area contributed by atoms with Crippen molar-refractivity contribution in [2.24, 2.45) is 5.92 Å². The van der Waals surface area contributed by atoms with Crippen LogP contribution in [0.4, 0.5) is 5.82 Å². The van der Waals surface area contributed by atoms with Gasteiger partial charge in [-0.25, -0.2) is 20.2 Å². The minimum atomic E-state index is -0.411. The Morgan fingerprint density at radius 1 is 1.58 bits per heavy atom. The molecule has 0 saturated heterocycles. The van der Waals surface area contributed by atoms with Crippen molar-refractivity contribution in [3.63, 3.8) is 0 Å². The summed E-state index contributed by atoms with van der Waals surface area (Å²) in [5.74, 6) is 0.796. The van der Waals surface area contributed by atoms with Gasteiger partial charge in [-0.3, -0.25) is 0 Å². The molecule has 1 fully saturated rings. The molecule has 6 nitrogen and oxygen atoms in total. The Balaban J connectivity index is 2.07. The molecular formula is C12H18N4O2S. The summed E-state index contributed by atoms with van der Waals surface area (Å²) in [5.41, 5.74) is 6.43. The summed E-state index contributed by atoms with van der Waals surface area (Å²) in [6.07, 6.45) is 5.91. The molecule has 1 aliphatic carbocycles. The van der Waals surface area contributed by atoms with Gasteiger partial charge in [-0.2, -0.15) is 0 Å². The average molecular weight is 282 g/mol. The zero-order valence-electron chi connectivity index (χ0n) is 11.1. The van der Waals surface area contributed by atoms with Crippen molar-refractivity contribution in [1.82, 2.24) is 15.4 Å². The standard InChI is InChI=1S/C12H18N4O2S/c1-3-18-11(17)9-7-13-12(19-2)15-10(9)16-14-6-8-4-5-8/h7-8,14H,3-6H2,1-2H3,(H,13,15,16). The number of thioether (sulfide) groups is 1. The van der Waals surface area contributed by atoms with Gasteiger partial charge >= 0.3 is 5.97 Å². The van der Waals surface area contributed by atoms with Gasteiger partial charge in [0.25, 0.3) is 0 Å². The van der Waals surface area contributed by atoms with E-state index in [-0.39, 0.29) is 0 Å². The highest BCUT2D eigenvalue weighted by Gasteiger charge is 2.21. The van der Waals surface area contributed by atoms with Gasteiger partial charge in [-0.05, 0) is 31.9 Å². The number of nitrogens with one attached hydrogen (secondary N) is 2. The Morgan fingerprint density at radius 3 is 3.00 bits per heavy atom. The SMILES string of the molecule is CCOC(=O)c1cnc(SC)nc1NNCC1CC1. The van der Waals surface area contributed by atoms with Crippen LogP contribution >= 0.6 is 11.8 Å². The number of hydrogen-bond donors (Lipinski definition) is 2. The van der Waals surface area contributed by atoms with Gasteiger partial charge in [0, 0.05) is 12.7 Å². The molecule has 0 bridgehead atoms. The lowest BCUT2D eigenvalue weighted by atomic mass is 10.3. The highest BCUT2D eigenvalue weighted by molar-refractivity contribution is 7.98. The molecule has 0 aromatic carbocycles. The Morgan fingerprint density at radius 2 is 2.37 bits per heavy atom. The number of ether oxygens (including phenoxy) is 1. The molecule has 104 valence electrons. The third kappa shape index (κ3) is 4.07. The summed E-state index contributed by atoms with van der Waals surface area (Å²) in [7, 11) is 0. The van der Waals surface area contributed by atoms with E-state index < -0.39 is 5.97 Å². The summed E-state index contributed by atoms with van der Waals surface area (Å²) in [4.78, 5) is 20.2. The van der Waals surface area contributed by atoms with E-state index in [4.69, 9.17) is 4.74 Å². The second-order valence-electron chi connectivity index (χ2n) is 4.29. The third-order valence-electron chi connectivity index (χ3n) is 2.74. The fourth-order valence-electron chi connectivity index (χ4n) is 1.52. The minimum absolute atomic E-state index is 0.331. The van der Waals surface area contributed by atoms with E-state index in [2.05, 4.69) is 20.8 Å². The largest absolute Gasteiger partial charge is 0.462 e. The summed E-state index contributed by atoms with van der Waals surface area (Å²) in [5, 5.41) is 0.615. The van der Waals surface area contributed by atoms with E-state index in [1.807, 2.05) is 6.26 Å². The minimum Gasteiger partial charge on any atom is -0.462 e. The average Bonchev–Trinajstić information content (AvgIpc) is 3.23. The molecule has 2 N–H and O–H groups in total. The lowest BCUT2D eigenvalue weighted by Crippen LogP contribution is -2.26. The highest BCUT2D eigenvalue weighted by Crippen LogP contribution is 2.27. The molecule has 1 aromatic heterocycles. The first-order valence-electron chi connectivity index (χ1n) is 6.31. The van der Waals surface area contributed by atoms with Gasteiger partial charge in [0.1, 0.15) is 5.56 Å². The molecule has 19 heavy (non-hydrogen) atoms. The molecular weight excluding hydrogens is 264 g/mol. The molecule has 0 amide bonds. The highest BCUT2D eigenvalue weighted by atomic mass is 32.2. The number of hydrazine groups is 1. The maximum absolute atomic E-state index is 11.8. The number of aromatic nitrogens is 2. The van der Waals surface area contributed by atoms with Crippen LogP contribution in [0.15, 0.2) is 11.4 Å². The van der Waals surface area contributed by atoms with Crippen LogP contribution in [0.1, 0.15) is 30.1 Å². The van der Waals surface area contributed by atoms with E-state index in [0.717, 1.165) is 12.5 Å². The van der Waals surface area contributed by atoms with Crippen LogP contribution in [0.3, 0.4) is 0 Å². The zero-order chi connectivity index (χ0) is 13.7. The fourth-order valence-corrected chi connectivity index (χ4v) is 1.86. The van der Waals surface area contributed by atoms with Crippen LogP contribution in [0.25, 0.3) is 0 Å². The quantitative estimate of drug-likeness (QED) is 0.341. The Hall–Kier alpha value is -1.34. The predicted molar refractivity (Wildman–Crippen MR) is 74.1 cm³/mol. The zero-order valence-corrected chi connectivity index (χ0v) is 11.9. The van der Waals surface area contributed by atoms with Crippen molar-refractivity contribution < 1.29 is 9.53 Å². The molecule has 0 unspecified atom stereocenters. The van der Waals surface area contributed by atoms with Crippen molar-refractivity contribution in [2.75, 3.05) is 24.8 Å². The lowest BCUT2D eigenvalue weighted by molar-refractivity contribution is 0.0526. The summed E-state index contributed by atoms with van der Waals surface area (Å²) in [6, 6.07) is 0. The molecule has 0 aliphatic heterocycles. The van der Waals surface area contributed by atoms with Crippen molar-refractivity contribution in [1.29, 1.82) is 0 Å². The first-order valence-corrected chi connectivity index (χ1v) is 7.54. The molecule has 1 saturated carbocycles. The Labute approximate surface area is 116 Å². The summed E-state index contributed by atoms with van der Waals surface area (Å²) < 4.78 is 4.99. The van der Waals surface area contributed by atoms with Gasteiger partial charge in [-0.1, -0.05) is 11.8 Å². The summed E-state index contributed by atoms with van der Waals surface area (Å²) >= 11 is 1.43. The fraction of sp³-hybridized carbons (Fsp3) is 0.583. The predicted octanol–water partition coefficient (Wildman–Crippen LogP) is 1.70. The van der Waals surface area contributed by atoms with Gasteiger partial charge in [0.2, 0.25) is 0 Å². The number of nitrogens with zero attached hydrogens (tertiary/aromatic N) is 2. The van der Waals surface area contributed by atoms with Gasteiger partial charge in [-0.15, -0.1) is 0 Å². The smallest absolute Gasteiger partial charge is 0.343 e. The normalized spacial score (nSPS) is 14.2. The third-order valence-corrected chi connectivity index (χ3v) is 3.30. The second kappa shape index (κ2) is 6.72. The van der Waals surface area contributed by atoms with Gasteiger partial charge in [0.15, 0.2) is 11.0 Å². The van der Waals surface area contributed by atoms with Crippen LogP contribution in [0, 0.1) is 5.92 Å². The van der Waals surface area contributed by atoms with Crippen LogP contribution < -0.4 is 10.9 Å². The first kappa shape index (κ1) is 14.1. The number of anilines is 1. The molecule has 0 spiro atoms. The first-order chi connectivity index (χ1) is 9.24.